The highest BCUT2D eigenvalue weighted by atomic mass is 79.9. The van der Waals surface area contributed by atoms with Crippen LogP contribution in [-0.2, 0) is 0 Å². The molecule has 0 radical (unpaired) electrons. The maximum atomic E-state index is 11.9. The second-order valence-corrected chi connectivity index (χ2v) is 5.60. The van der Waals surface area contributed by atoms with Crippen molar-refractivity contribution in [1.29, 1.82) is 0 Å². The Balaban J connectivity index is 2.14. The fourth-order valence-electron chi connectivity index (χ4n) is 1.72. The van der Waals surface area contributed by atoms with Crippen molar-refractivity contribution >= 4 is 39.7 Å². The van der Waals surface area contributed by atoms with E-state index in [9.17, 15) is 9.90 Å². The van der Waals surface area contributed by atoms with Gasteiger partial charge in [0.25, 0.3) is 5.91 Å². The number of aromatic hydroxyl groups is 1. The van der Waals surface area contributed by atoms with Crippen LogP contribution < -0.4 is 10.2 Å². The van der Waals surface area contributed by atoms with E-state index in [1.54, 1.807) is 19.2 Å². The summed E-state index contributed by atoms with van der Waals surface area (Å²) in [5.41, 5.74) is 3.06. The maximum Gasteiger partial charge on any atom is 0.275 e. The number of hydrogen-bond donors (Lipinski definition) is 2. The summed E-state index contributed by atoms with van der Waals surface area (Å²) < 4.78 is 6.05. The zero-order valence-electron chi connectivity index (χ0n) is 11.5. The van der Waals surface area contributed by atoms with Crippen molar-refractivity contribution in [2.45, 2.75) is 0 Å². The molecule has 7 heteroatoms. The first kappa shape index (κ1) is 16.3. The molecule has 0 aromatic heterocycles. The van der Waals surface area contributed by atoms with Gasteiger partial charge in [0.1, 0.15) is 11.5 Å². The average molecular weight is 384 g/mol. The molecular weight excluding hydrogens is 372 g/mol. The molecule has 0 unspecified atom stereocenters. The first-order valence-corrected chi connectivity index (χ1v) is 7.34. The molecule has 0 aliphatic carbocycles. The molecule has 0 heterocycles. The summed E-state index contributed by atoms with van der Waals surface area (Å²) in [6.07, 6.45) is 1.45. The van der Waals surface area contributed by atoms with Gasteiger partial charge < -0.3 is 9.84 Å². The van der Waals surface area contributed by atoms with Crippen LogP contribution in [0.4, 0.5) is 0 Å². The average Bonchev–Trinajstić information content (AvgIpc) is 2.50. The summed E-state index contributed by atoms with van der Waals surface area (Å²) >= 11 is 9.14. The fraction of sp³-hybridized carbons (Fsp3) is 0.0667. The largest absolute Gasteiger partial charge is 0.507 e. The van der Waals surface area contributed by atoms with Crippen LogP contribution in [0.3, 0.4) is 0 Å². The van der Waals surface area contributed by atoms with E-state index >= 15 is 0 Å². The van der Waals surface area contributed by atoms with E-state index in [-0.39, 0.29) is 11.3 Å². The Bertz CT molecular complexity index is 735. The Kier molecular flexibility index (Phi) is 5.41. The zero-order chi connectivity index (χ0) is 16.1. The number of methoxy groups -OCH3 is 1. The molecule has 2 aromatic carbocycles. The van der Waals surface area contributed by atoms with Crippen molar-refractivity contribution in [2.24, 2.45) is 5.10 Å². The number of benzene rings is 2. The van der Waals surface area contributed by atoms with Gasteiger partial charge in [-0.3, -0.25) is 4.79 Å². The molecule has 1 amide bonds. The van der Waals surface area contributed by atoms with E-state index in [0.29, 0.717) is 16.3 Å². The third-order valence-corrected chi connectivity index (χ3v) is 3.49. The molecular formula is C15H12BrClN2O3. The highest BCUT2D eigenvalue weighted by Crippen LogP contribution is 2.22. The van der Waals surface area contributed by atoms with Gasteiger partial charge in [0.05, 0.1) is 18.9 Å². The Morgan fingerprint density at radius 3 is 2.86 bits per heavy atom. The molecule has 2 rings (SSSR count). The molecule has 0 saturated heterocycles. The molecule has 0 aliphatic rings. The van der Waals surface area contributed by atoms with Gasteiger partial charge in [-0.15, -0.1) is 0 Å². The third-order valence-electron chi connectivity index (χ3n) is 2.76. The van der Waals surface area contributed by atoms with Crippen LogP contribution in [0.1, 0.15) is 15.9 Å². The summed E-state index contributed by atoms with van der Waals surface area (Å²) in [6.45, 7) is 0. The lowest BCUT2D eigenvalue weighted by molar-refractivity contribution is 0.0952. The maximum absolute atomic E-state index is 11.9. The molecule has 2 N–H and O–H groups in total. The molecule has 0 saturated carbocycles. The first-order chi connectivity index (χ1) is 10.5. The number of nitrogens with one attached hydrogen (secondary N) is 1. The number of carbonyl (C=O) groups is 1. The van der Waals surface area contributed by atoms with Gasteiger partial charge in [-0.25, -0.2) is 5.43 Å². The van der Waals surface area contributed by atoms with Crippen molar-refractivity contribution in [1.82, 2.24) is 5.43 Å². The summed E-state index contributed by atoms with van der Waals surface area (Å²) in [5, 5.41) is 13.8. The molecule has 0 bridgehead atoms. The second-order valence-electron chi connectivity index (χ2n) is 4.25. The van der Waals surface area contributed by atoms with E-state index in [4.69, 9.17) is 16.3 Å². The highest BCUT2D eigenvalue weighted by Gasteiger charge is 2.10. The Morgan fingerprint density at radius 2 is 2.14 bits per heavy atom. The van der Waals surface area contributed by atoms with Gasteiger partial charge >= 0.3 is 0 Å². The lowest BCUT2D eigenvalue weighted by Gasteiger charge is -2.05. The number of rotatable bonds is 4. The van der Waals surface area contributed by atoms with Gasteiger partial charge in [-0.1, -0.05) is 27.5 Å². The van der Waals surface area contributed by atoms with Gasteiger partial charge in [0, 0.05) is 15.1 Å². The van der Waals surface area contributed by atoms with Crippen LogP contribution in [0.2, 0.25) is 5.02 Å². The number of phenolic OH excluding ortho intramolecular Hbond substituents is 1. The quantitative estimate of drug-likeness (QED) is 0.626. The Hall–Kier alpha value is -2.05. The van der Waals surface area contributed by atoms with Gasteiger partial charge in [0.2, 0.25) is 0 Å². The molecule has 114 valence electrons. The van der Waals surface area contributed by atoms with Crippen molar-refractivity contribution in [3.05, 3.63) is 57.0 Å². The predicted molar refractivity (Wildman–Crippen MR) is 88.9 cm³/mol. The van der Waals surface area contributed by atoms with Crippen LogP contribution >= 0.6 is 27.5 Å². The summed E-state index contributed by atoms with van der Waals surface area (Å²) in [5.74, 6) is -0.117. The second kappa shape index (κ2) is 7.29. The van der Waals surface area contributed by atoms with Gasteiger partial charge in [-0.2, -0.15) is 5.10 Å². The number of nitrogens with zero attached hydrogens (tertiary/aromatic N) is 1. The molecule has 22 heavy (non-hydrogen) atoms. The number of carbonyl (C=O) groups excluding carboxylic acids is 1. The molecule has 2 aromatic rings. The van der Waals surface area contributed by atoms with Gasteiger partial charge in [-0.05, 0) is 36.4 Å². The number of hydrogen-bond acceptors (Lipinski definition) is 4. The van der Waals surface area contributed by atoms with E-state index < -0.39 is 5.91 Å². The van der Waals surface area contributed by atoms with Crippen LogP contribution in [-0.4, -0.2) is 24.3 Å². The number of amides is 1. The summed E-state index contributed by atoms with van der Waals surface area (Å²) in [4.78, 5) is 11.9. The number of ether oxygens (including phenoxy) is 1. The monoisotopic (exact) mass is 382 g/mol. The Morgan fingerprint density at radius 1 is 1.36 bits per heavy atom. The summed E-state index contributed by atoms with van der Waals surface area (Å²) in [7, 11) is 1.54. The van der Waals surface area contributed by atoms with Crippen LogP contribution in [0.5, 0.6) is 11.5 Å². The SMILES string of the molecule is COc1ccc(Br)cc1C=NNC(=O)c1cc(Cl)ccc1O. The third kappa shape index (κ3) is 3.99. The van der Waals surface area contributed by atoms with Crippen LogP contribution in [0.25, 0.3) is 0 Å². The summed E-state index contributed by atoms with van der Waals surface area (Å²) in [6, 6.07) is 9.60. The van der Waals surface area contributed by atoms with Gasteiger partial charge in [0.15, 0.2) is 0 Å². The van der Waals surface area contributed by atoms with E-state index in [0.717, 1.165) is 4.47 Å². The highest BCUT2D eigenvalue weighted by molar-refractivity contribution is 9.10. The first-order valence-electron chi connectivity index (χ1n) is 6.16. The fourth-order valence-corrected chi connectivity index (χ4v) is 2.27. The molecule has 0 spiro atoms. The van der Waals surface area contributed by atoms with Crippen molar-refractivity contribution in [2.75, 3.05) is 7.11 Å². The zero-order valence-corrected chi connectivity index (χ0v) is 13.9. The lowest BCUT2D eigenvalue weighted by atomic mass is 10.2. The van der Waals surface area contributed by atoms with Crippen molar-refractivity contribution < 1.29 is 14.6 Å². The normalized spacial score (nSPS) is 10.7. The number of halogens is 2. The minimum atomic E-state index is -0.565. The molecule has 5 nitrogen and oxygen atoms in total. The number of phenols is 1. The minimum absolute atomic E-state index is 0.0471. The van der Waals surface area contributed by atoms with Crippen molar-refractivity contribution in [3.8, 4) is 11.5 Å². The lowest BCUT2D eigenvalue weighted by Crippen LogP contribution is -2.17. The van der Waals surface area contributed by atoms with E-state index in [1.807, 2.05) is 6.07 Å². The van der Waals surface area contributed by atoms with Crippen LogP contribution in [0, 0.1) is 0 Å². The van der Waals surface area contributed by atoms with E-state index in [1.165, 1.54) is 24.4 Å². The Labute approximate surface area is 140 Å². The standard InChI is InChI=1S/C15H12BrClN2O3/c1-22-14-5-2-10(16)6-9(14)8-18-19-15(21)12-7-11(17)3-4-13(12)20/h2-8,20H,1H3,(H,19,21). The smallest absolute Gasteiger partial charge is 0.275 e. The molecule has 0 fully saturated rings. The van der Waals surface area contributed by atoms with Crippen molar-refractivity contribution in [3.63, 3.8) is 0 Å². The molecule has 0 atom stereocenters. The minimum Gasteiger partial charge on any atom is -0.507 e. The topological polar surface area (TPSA) is 70.9 Å². The molecule has 0 aliphatic heterocycles. The number of hydrazone groups is 1. The van der Waals surface area contributed by atoms with E-state index in [2.05, 4.69) is 26.5 Å². The van der Waals surface area contributed by atoms with Crippen LogP contribution in [0.15, 0.2) is 46.0 Å². The predicted octanol–water partition coefficient (Wildman–Crippen LogP) is 3.58.